The van der Waals surface area contributed by atoms with Gasteiger partial charge in [-0.3, -0.25) is 9.48 Å². The SMILES string of the molecule is COc1c(Nc2nc(Cl)ncc2C(C)=O)cccc1-c1ncn(C)n1. The normalized spacial score (nSPS) is 10.6. The molecule has 3 rings (SSSR count). The second kappa shape index (κ2) is 6.86. The summed E-state index contributed by atoms with van der Waals surface area (Å²) in [6.45, 7) is 1.43. The number of rotatable bonds is 5. The maximum Gasteiger partial charge on any atom is 0.224 e. The van der Waals surface area contributed by atoms with Crippen molar-refractivity contribution >= 4 is 28.9 Å². The quantitative estimate of drug-likeness (QED) is 0.553. The molecule has 1 aromatic carbocycles. The molecule has 0 atom stereocenters. The molecule has 0 saturated carbocycles. The number of nitrogens with one attached hydrogen (secondary N) is 1. The van der Waals surface area contributed by atoms with Gasteiger partial charge in [0.15, 0.2) is 17.4 Å². The number of methoxy groups -OCH3 is 1. The first-order chi connectivity index (χ1) is 12.0. The van der Waals surface area contributed by atoms with Crippen LogP contribution in [-0.2, 0) is 7.05 Å². The molecule has 3 aromatic rings. The highest BCUT2D eigenvalue weighted by atomic mass is 35.5. The van der Waals surface area contributed by atoms with Crippen LogP contribution >= 0.6 is 11.6 Å². The van der Waals surface area contributed by atoms with Crippen LogP contribution in [0.2, 0.25) is 5.28 Å². The molecule has 1 N–H and O–H groups in total. The maximum absolute atomic E-state index is 11.8. The largest absolute Gasteiger partial charge is 0.494 e. The van der Waals surface area contributed by atoms with Crippen LogP contribution in [0.15, 0.2) is 30.7 Å². The minimum absolute atomic E-state index is 0.0361. The van der Waals surface area contributed by atoms with Crippen molar-refractivity contribution in [2.75, 3.05) is 12.4 Å². The molecule has 0 spiro atoms. The predicted octanol–water partition coefficient (Wildman–Crippen LogP) is 2.88. The highest BCUT2D eigenvalue weighted by Gasteiger charge is 2.17. The Kier molecular flexibility index (Phi) is 4.62. The molecule has 8 nitrogen and oxygen atoms in total. The van der Waals surface area contributed by atoms with E-state index in [2.05, 4.69) is 25.4 Å². The number of ketones is 1. The van der Waals surface area contributed by atoms with Crippen LogP contribution in [-0.4, -0.2) is 37.6 Å². The zero-order valence-electron chi connectivity index (χ0n) is 13.8. The summed E-state index contributed by atoms with van der Waals surface area (Å²) in [7, 11) is 3.33. The number of hydrogen-bond donors (Lipinski definition) is 1. The maximum atomic E-state index is 11.8. The molecule has 0 bridgehead atoms. The van der Waals surface area contributed by atoms with Crippen molar-refractivity contribution < 1.29 is 9.53 Å². The minimum Gasteiger partial charge on any atom is -0.494 e. The first-order valence-electron chi connectivity index (χ1n) is 7.33. The molecular formula is C16H15ClN6O2. The molecular weight excluding hydrogens is 344 g/mol. The van der Waals surface area contributed by atoms with Gasteiger partial charge in [-0.15, -0.1) is 0 Å². The number of ether oxygens (including phenoxy) is 1. The molecule has 25 heavy (non-hydrogen) atoms. The van der Waals surface area contributed by atoms with Crippen LogP contribution in [0.4, 0.5) is 11.5 Å². The van der Waals surface area contributed by atoms with Gasteiger partial charge in [0, 0.05) is 13.2 Å². The Morgan fingerprint density at radius 3 is 2.76 bits per heavy atom. The fourth-order valence-electron chi connectivity index (χ4n) is 2.33. The van der Waals surface area contributed by atoms with Crippen LogP contribution in [0.5, 0.6) is 5.75 Å². The Hall–Kier alpha value is -3.00. The third-order valence-corrected chi connectivity index (χ3v) is 3.63. The van der Waals surface area contributed by atoms with Gasteiger partial charge in [-0.25, -0.2) is 9.97 Å². The van der Waals surface area contributed by atoms with Crippen LogP contribution < -0.4 is 10.1 Å². The number of hydrogen-bond acceptors (Lipinski definition) is 7. The number of aromatic nitrogens is 5. The first kappa shape index (κ1) is 16.8. The fraction of sp³-hybridized carbons (Fsp3) is 0.188. The number of halogens is 1. The van der Waals surface area contributed by atoms with Gasteiger partial charge in [-0.05, 0) is 30.7 Å². The van der Waals surface area contributed by atoms with Gasteiger partial charge in [0.25, 0.3) is 0 Å². The lowest BCUT2D eigenvalue weighted by atomic mass is 10.1. The van der Waals surface area contributed by atoms with E-state index in [9.17, 15) is 4.79 Å². The zero-order valence-corrected chi connectivity index (χ0v) is 14.6. The van der Waals surface area contributed by atoms with E-state index >= 15 is 0 Å². The average Bonchev–Trinajstić information content (AvgIpc) is 3.00. The zero-order chi connectivity index (χ0) is 18.0. The number of para-hydroxylation sites is 1. The van der Waals surface area contributed by atoms with Gasteiger partial charge in [-0.1, -0.05) is 6.07 Å². The van der Waals surface area contributed by atoms with Gasteiger partial charge < -0.3 is 10.1 Å². The summed E-state index contributed by atoms with van der Waals surface area (Å²) in [6.07, 6.45) is 2.99. The lowest BCUT2D eigenvalue weighted by Gasteiger charge is -2.14. The van der Waals surface area contributed by atoms with Crippen molar-refractivity contribution in [1.82, 2.24) is 24.7 Å². The van der Waals surface area contributed by atoms with Crippen molar-refractivity contribution in [3.8, 4) is 17.1 Å². The van der Waals surface area contributed by atoms with Crippen molar-refractivity contribution in [3.63, 3.8) is 0 Å². The summed E-state index contributed by atoms with van der Waals surface area (Å²) >= 11 is 5.86. The molecule has 128 valence electrons. The Morgan fingerprint density at radius 2 is 2.12 bits per heavy atom. The molecule has 0 radical (unpaired) electrons. The van der Waals surface area contributed by atoms with Crippen LogP contribution in [0.25, 0.3) is 11.4 Å². The van der Waals surface area contributed by atoms with E-state index in [4.69, 9.17) is 16.3 Å². The Morgan fingerprint density at radius 1 is 1.32 bits per heavy atom. The highest BCUT2D eigenvalue weighted by Crippen LogP contribution is 2.36. The monoisotopic (exact) mass is 358 g/mol. The molecule has 0 unspecified atom stereocenters. The number of anilines is 2. The summed E-state index contributed by atoms with van der Waals surface area (Å²) in [4.78, 5) is 24.0. The van der Waals surface area contributed by atoms with E-state index in [-0.39, 0.29) is 11.1 Å². The Labute approximate surface area is 148 Å². The first-order valence-corrected chi connectivity index (χ1v) is 7.71. The van der Waals surface area contributed by atoms with E-state index in [1.54, 1.807) is 31.2 Å². The smallest absolute Gasteiger partial charge is 0.224 e. The van der Waals surface area contributed by atoms with Crippen LogP contribution in [0.3, 0.4) is 0 Å². The van der Waals surface area contributed by atoms with Gasteiger partial charge in [0.2, 0.25) is 5.28 Å². The van der Waals surface area contributed by atoms with Gasteiger partial charge >= 0.3 is 0 Å². The lowest BCUT2D eigenvalue weighted by Crippen LogP contribution is -2.06. The van der Waals surface area contributed by atoms with E-state index < -0.39 is 0 Å². The molecule has 2 heterocycles. The summed E-state index contributed by atoms with van der Waals surface area (Å²) < 4.78 is 7.13. The molecule has 0 aliphatic rings. The van der Waals surface area contributed by atoms with Crippen molar-refractivity contribution in [2.24, 2.45) is 7.05 Å². The van der Waals surface area contributed by atoms with Crippen LogP contribution in [0, 0.1) is 0 Å². The number of benzene rings is 1. The third-order valence-electron chi connectivity index (χ3n) is 3.45. The van der Waals surface area contributed by atoms with Gasteiger partial charge in [0.1, 0.15) is 12.1 Å². The Balaban J connectivity index is 2.07. The van der Waals surface area contributed by atoms with Crippen LogP contribution in [0.1, 0.15) is 17.3 Å². The fourth-order valence-corrected chi connectivity index (χ4v) is 2.47. The second-order valence-electron chi connectivity index (χ2n) is 5.21. The lowest BCUT2D eigenvalue weighted by molar-refractivity contribution is 0.101. The number of carbonyl (C=O) groups excluding carboxylic acids is 1. The molecule has 0 aliphatic carbocycles. The number of nitrogens with zero attached hydrogens (tertiary/aromatic N) is 5. The van der Waals surface area contributed by atoms with Crippen molar-refractivity contribution in [3.05, 3.63) is 41.6 Å². The summed E-state index contributed by atoms with van der Waals surface area (Å²) in [5.74, 6) is 1.17. The number of carbonyl (C=O) groups is 1. The molecule has 9 heteroatoms. The molecule has 0 aliphatic heterocycles. The molecule has 2 aromatic heterocycles. The minimum atomic E-state index is -0.180. The second-order valence-corrected chi connectivity index (χ2v) is 5.55. The molecule has 0 amide bonds. The summed E-state index contributed by atoms with van der Waals surface area (Å²) in [5.41, 5.74) is 1.63. The van der Waals surface area contributed by atoms with E-state index in [1.165, 1.54) is 13.1 Å². The average molecular weight is 359 g/mol. The molecule has 0 saturated heterocycles. The topological polar surface area (TPSA) is 94.8 Å². The van der Waals surface area contributed by atoms with E-state index in [0.29, 0.717) is 34.2 Å². The predicted molar refractivity (Wildman–Crippen MR) is 93.3 cm³/mol. The standard InChI is InChI=1S/C16H15ClN6O2/c1-9(24)11-7-18-16(17)21-15(11)20-12-6-4-5-10(13(12)25-3)14-19-8-23(2)22-14/h4-8H,1-3H3,(H,18,20,21). The number of aryl methyl sites for hydroxylation is 1. The van der Waals surface area contributed by atoms with E-state index in [1.807, 2.05) is 12.1 Å². The molecule has 0 fully saturated rings. The van der Waals surface area contributed by atoms with Crippen molar-refractivity contribution in [1.29, 1.82) is 0 Å². The van der Waals surface area contributed by atoms with Crippen molar-refractivity contribution in [2.45, 2.75) is 6.92 Å². The summed E-state index contributed by atoms with van der Waals surface area (Å²) in [5, 5.41) is 7.42. The Bertz CT molecular complexity index is 940. The van der Waals surface area contributed by atoms with E-state index in [0.717, 1.165) is 0 Å². The number of Topliss-reactive ketones (excluding diaryl/α,β-unsaturated/α-hetero) is 1. The van der Waals surface area contributed by atoms with Gasteiger partial charge in [-0.2, -0.15) is 10.1 Å². The van der Waals surface area contributed by atoms with Gasteiger partial charge in [0.05, 0.1) is 23.9 Å². The third kappa shape index (κ3) is 3.43. The summed E-state index contributed by atoms with van der Waals surface area (Å²) in [6, 6.07) is 5.47. The highest BCUT2D eigenvalue weighted by molar-refractivity contribution is 6.28.